The Morgan fingerprint density at radius 1 is 1.10 bits per heavy atom. The van der Waals surface area contributed by atoms with Crippen molar-refractivity contribution in [3.63, 3.8) is 0 Å². The highest BCUT2D eigenvalue weighted by molar-refractivity contribution is 7.91. The number of amides is 1. The van der Waals surface area contributed by atoms with Crippen molar-refractivity contribution in [2.24, 2.45) is 16.7 Å². The van der Waals surface area contributed by atoms with Crippen LogP contribution in [-0.2, 0) is 26.0 Å². The van der Waals surface area contributed by atoms with Gasteiger partial charge in [-0.05, 0) is 48.4 Å². The van der Waals surface area contributed by atoms with Crippen molar-refractivity contribution in [1.29, 1.82) is 0 Å². The fourth-order valence-electron chi connectivity index (χ4n) is 2.82. The van der Waals surface area contributed by atoms with E-state index < -0.39 is 21.9 Å². The molecule has 0 aliphatic carbocycles. The number of aryl methyl sites for hydroxylation is 1. The number of primary amides is 1. The number of thiazole rings is 1. The predicted octanol–water partition coefficient (Wildman–Crippen LogP) is 1.60. The summed E-state index contributed by atoms with van der Waals surface area (Å²) in [5.41, 5.74) is 6.48. The molecular formula is C25H35N5O8S2. The third kappa shape index (κ3) is 13.3. The molecule has 0 aliphatic rings. The Kier molecular flexibility index (Phi) is 15.2. The fraction of sp³-hybridized carbons (Fsp3) is 0.320. The molecule has 3 rings (SSSR count). The molecule has 0 radical (unpaired) electrons. The molecule has 0 aliphatic heterocycles. The molecule has 0 atom stereocenters. The van der Waals surface area contributed by atoms with Gasteiger partial charge in [-0.3, -0.25) is 9.59 Å². The third-order valence-electron chi connectivity index (χ3n) is 4.48. The first-order chi connectivity index (χ1) is 19.0. The van der Waals surface area contributed by atoms with E-state index in [1.807, 2.05) is 26.0 Å². The van der Waals surface area contributed by atoms with Crippen molar-refractivity contribution in [2.75, 3.05) is 26.4 Å². The van der Waals surface area contributed by atoms with Crippen molar-refractivity contribution in [1.82, 2.24) is 9.99 Å². The number of hydrazine groups is 1. The minimum atomic E-state index is -3.82. The Morgan fingerprint density at radius 2 is 1.75 bits per heavy atom. The number of carbonyl (C=O) groups excluding carboxylic acids is 1. The largest absolute Gasteiger partial charge is 0.491 e. The van der Waals surface area contributed by atoms with E-state index in [0.29, 0.717) is 28.1 Å². The monoisotopic (exact) mass is 597 g/mol. The second-order valence-corrected chi connectivity index (χ2v) is 10.4. The lowest BCUT2D eigenvalue weighted by Gasteiger charge is -2.10. The minimum absolute atomic E-state index is 0.0131. The van der Waals surface area contributed by atoms with Crippen LogP contribution in [0.5, 0.6) is 11.5 Å². The first-order valence-electron chi connectivity index (χ1n) is 12.0. The zero-order chi connectivity index (χ0) is 30.1. The van der Waals surface area contributed by atoms with Crippen LogP contribution in [0.2, 0.25) is 0 Å². The molecule has 0 fully saturated rings. The number of ether oxygens (including phenoxy) is 2. The number of nitrogens with zero attached hydrogens (tertiary/aromatic N) is 2. The molecule has 13 nitrogen and oxygen atoms in total. The van der Waals surface area contributed by atoms with Gasteiger partial charge in [0.1, 0.15) is 31.3 Å². The van der Waals surface area contributed by atoms with Crippen LogP contribution in [0.15, 0.2) is 59.1 Å². The van der Waals surface area contributed by atoms with Crippen LogP contribution in [0.1, 0.15) is 25.8 Å². The van der Waals surface area contributed by atoms with Gasteiger partial charge < -0.3 is 30.4 Å². The third-order valence-corrected chi connectivity index (χ3v) is 6.81. The molecule has 2 aromatic carbocycles. The van der Waals surface area contributed by atoms with Crippen LogP contribution in [0.25, 0.3) is 10.2 Å². The van der Waals surface area contributed by atoms with E-state index >= 15 is 0 Å². The van der Waals surface area contributed by atoms with E-state index in [1.165, 1.54) is 6.20 Å². The van der Waals surface area contributed by atoms with Gasteiger partial charge in [-0.2, -0.15) is 0 Å². The van der Waals surface area contributed by atoms with Gasteiger partial charge in [0.05, 0.1) is 16.8 Å². The molecule has 1 amide bonds. The number of carboxylic acid groups (broad SMARTS) is 1. The van der Waals surface area contributed by atoms with Gasteiger partial charge in [0, 0.05) is 12.6 Å². The smallest absolute Gasteiger partial charge is 0.303 e. The van der Waals surface area contributed by atoms with E-state index in [1.54, 1.807) is 36.4 Å². The summed E-state index contributed by atoms with van der Waals surface area (Å²) < 4.78 is 33.7. The maximum atomic E-state index is 11.3. The Morgan fingerprint density at radius 3 is 2.33 bits per heavy atom. The van der Waals surface area contributed by atoms with Crippen molar-refractivity contribution >= 4 is 43.5 Å². The number of aliphatic carboxylic acids is 1. The van der Waals surface area contributed by atoms with Gasteiger partial charge in [-0.15, -0.1) is 11.3 Å². The molecule has 220 valence electrons. The molecule has 40 heavy (non-hydrogen) atoms. The lowest BCUT2D eigenvalue weighted by molar-refractivity contribution is -0.137. The summed E-state index contributed by atoms with van der Waals surface area (Å²) in [6.07, 6.45) is 3.73. The fourth-order valence-corrected chi connectivity index (χ4v) is 4.50. The molecule has 8 N–H and O–H groups in total. The maximum Gasteiger partial charge on any atom is 0.303 e. The number of hydrogen-bond donors (Lipinski definition) is 5. The highest BCUT2D eigenvalue weighted by Crippen LogP contribution is 2.28. The minimum Gasteiger partial charge on any atom is -0.491 e. The average molecular weight is 598 g/mol. The number of aromatic nitrogens is 1. The number of nitrogens with two attached hydrogens (primary N) is 3. The zero-order valence-electron chi connectivity index (χ0n) is 22.2. The molecule has 0 saturated heterocycles. The van der Waals surface area contributed by atoms with Crippen molar-refractivity contribution < 1.29 is 37.7 Å². The highest BCUT2D eigenvalue weighted by atomic mass is 32.2. The lowest BCUT2D eigenvalue weighted by atomic mass is 10.1. The van der Waals surface area contributed by atoms with Crippen LogP contribution in [0.3, 0.4) is 0 Å². The van der Waals surface area contributed by atoms with Gasteiger partial charge in [0.25, 0.3) is 10.0 Å². The van der Waals surface area contributed by atoms with E-state index in [4.69, 9.17) is 36.4 Å². The van der Waals surface area contributed by atoms with Crippen LogP contribution >= 0.6 is 11.3 Å². The normalized spacial score (nSPS) is 10.7. The van der Waals surface area contributed by atoms with Gasteiger partial charge in [0.15, 0.2) is 0 Å². The van der Waals surface area contributed by atoms with E-state index in [0.717, 1.165) is 21.9 Å². The number of carboxylic acids is 1. The lowest BCUT2D eigenvalue weighted by Crippen LogP contribution is -2.34. The molecule has 1 heterocycles. The number of primary sulfonamides is 1. The van der Waals surface area contributed by atoms with Crippen LogP contribution < -0.4 is 26.2 Å². The van der Waals surface area contributed by atoms with Crippen molar-refractivity contribution in [3.8, 4) is 11.5 Å². The molecule has 1 aromatic heterocycles. The summed E-state index contributed by atoms with van der Waals surface area (Å²) in [6, 6.07) is 12.2. The van der Waals surface area contributed by atoms with Crippen molar-refractivity contribution in [2.45, 2.75) is 31.0 Å². The Balaban J connectivity index is 0.000000408. The van der Waals surface area contributed by atoms with Gasteiger partial charge in [0.2, 0.25) is 10.2 Å². The second-order valence-electron chi connectivity index (χ2n) is 7.60. The molecule has 0 saturated carbocycles. The number of aliphatic hydroxyl groups is 1. The highest BCUT2D eigenvalue weighted by Gasteiger charge is 2.14. The van der Waals surface area contributed by atoms with E-state index in [2.05, 4.69) is 4.98 Å². The molecule has 15 heteroatoms. The van der Waals surface area contributed by atoms with Crippen LogP contribution in [0, 0.1) is 0 Å². The Bertz CT molecular complexity index is 1340. The number of fused-ring (bicyclic) bond motifs is 1. The number of sulfonamides is 1. The Hall–Kier alpha value is -3.76. The molecule has 0 bridgehead atoms. The van der Waals surface area contributed by atoms with Crippen LogP contribution in [-0.4, -0.2) is 66.9 Å². The number of aliphatic hydroxyl groups excluding tert-OH is 1. The summed E-state index contributed by atoms with van der Waals surface area (Å²) in [6.45, 7) is 4.37. The number of hydrogen-bond acceptors (Lipinski definition) is 11. The van der Waals surface area contributed by atoms with Crippen LogP contribution in [0.4, 0.5) is 0 Å². The summed E-state index contributed by atoms with van der Waals surface area (Å²) in [5, 5.41) is 23.2. The maximum absolute atomic E-state index is 11.3. The summed E-state index contributed by atoms with van der Waals surface area (Å²) in [7, 11) is -3.82. The van der Waals surface area contributed by atoms with Crippen molar-refractivity contribution in [3.05, 3.63) is 60.3 Å². The van der Waals surface area contributed by atoms with Gasteiger partial charge in [-0.1, -0.05) is 26.0 Å². The molecular weight excluding hydrogens is 562 g/mol. The standard InChI is InChI=1S/C12H15N5O4S2.C11H14O4.C2H6/c13-11(18)7-17(14)4-1-5-21-8-2-3-9-10(6-8)22-12(16-9)23(15,19)20;12-7-8-15-10-4-1-9(2-5-10)3-6-11(13)14;1-2/h1-4,6H,5,7,14H2,(H2,13,18)(H2,15,19,20);1-2,4-5,12H,3,6-8H2,(H,13,14);1-2H3/b4-1+;;. The van der Waals surface area contributed by atoms with E-state index in [9.17, 15) is 18.0 Å². The quantitative estimate of drug-likeness (QED) is 0.141. The zero-order valence-corrected chi connectivity index (χ0v) is 23.9. The summed E-state index contributed by atoms with van der Waals surface area (Å²) in [5.74, 6) is 5.36. The number of benzene rings is 2. The number of rotatable bonds is 13. The SMILES string of the molecule is CC.NC(=O)CN(N)/C=C/COc1ccc2nc(S(N)(=O)=O)sc2c1.O=C(O)CCc1ccc(OCCO)cc1. The Labute approximate surface area is 236 Å². The molecule has 0 unspecified atom stereocenters. The summed E-state index contributed by atoms with van der Waals surface area (Å²) >= 11 is 0.968. The second kappa shape index (κ2) is 17.8. The number of carbonyl (C=O) groups is 2. The molecule has 3 aromatic rings. The molecule has 0 spiro atoms. The predicted molar refractivity (Wildman–Crippen MR) is 152 cm³/mol. The van der Waals surface area contributed by atoms with E-state index in [-0.39, 0.29) is 37.1 Å². The van der Waals surface area contributed by atoms with Gasteiger partial charge in [-0.25, -0.2) is 24.4 Å². The first kappa shape index (κ1) is 34.3. The van der Waals surface area contributed by atoms with Gasteiger partial charge >= 0.3 is 5.97 Å². The average Bonchev–Trinajstić information content (AvgIpc) is 3.35. The summed E-state index contributed by atoms with van der Waals surface area (Å²) in [4.78, 5) is 24.9. The topological polar surface area (TPSA) is 221 Å². The first-order valence-corrected chi connectivity index (χ1v) is 14.4.